The average molecular weight is 379 g/mol. The maximum absolute atomic E-state index is 13.0. The lowest BCUT2D eigenvalue weighted by molar-refractivity contribution is 0.100. The van der Waals surface area contributed by atoms with Crippen LogP contribution in [-0.4, -0.2) is 36.3 Å². The Labute approximate surface area is 150 Å². The fraction of sp³-hybridized carbons (Fsp3) is 0.312. The van der Waals surface area contributed by atoms with Crippen LogP contribution in [0.2, 0.25) is 0 Å². The summed E-state index contributed by atoms with van der Waals surface area (Å²) in [6.07, 6.45) is 1.38. The molecule has 0 unspecified atom stereocenters. The van der Waals surface area contributed by atoms with Crippen molar-refractivity contribution in [2.24, 2.45) is 11.1 Å². The van der Waals surface area contributed by atoms with Gasteiger partial charge in [-0.1, -0.05) is 0 Å². The van der Waals surface area contributed by atoms with E-state index in [-0.39, 0.29) is 22.9 Å². The Morgan fingerprint density at radius 1 is 1.50 bits per heavy atom. The van der Waals surface area contributed by atoms with Crippen molar-refractivity contribution in [3.63, 3.8) is 0 Å². The molecule has 1 aliphatic rings. The van der Waals surface area contributed by atoms with E-state index in [1.54, 1.807) is 6.92 Å². The summed E-state index contributed by atoms with van der Waals surface area (Å²) in [6.45, 7) is 1.62. The topological polar surface area (TPSA) is 137 Å². The van der Waals surface area contributed by atoms with Gasteiger partial charge in [0.05, 0.1) is 29.0 Å². The summed E-state index contributed by atoms with van der Waals surface area (Å²) < 4.78 is 34.5. The molecule has 0 aliphatic carbocycles. The van der Waals surface area contributed by atoms with Gasteiger partial charge >= 0.3 is 0 Å². The van der Waals surface area contributed by atoms with Gasteiger partial charge in [0.15, 0.2) is 5.82 Å². The van der Waals surface area contributed by atoms with Crippen molar-refractivity contribution >= 4 is 28.0 Å². The lowest BCUT2D eigenvalue weighted by atomic mass is 9.87. The lowest BCUT2D eigenvalue weighted by Crippen LogP contribution is -2.27. The van der Waals surface area contributed by atoms with Crippen molar-refractivity contribution in [3.05, 3.63) is 41.8 Å². The number of hydrogen-bond acceptors (Lipinski definition) is 6. The first-order valence-electron chi connectivity index (χ1n) is 7.70. The van der Waals surface area contributed by atoms with Crippen molar-refractivity contribution in [2.75, 3.05) is 16.8 Å². The molecule has 1 aromatic heterocycles. The molecule has 2 aromatic rings. The second kappa shape index (κ2) is 6.28. The maximum Gasteiger partial charge on any atom is 0.254 e. The van der Waals surface area contributed by atoms with Gasteiger partial charge in [0, 0.05) is 11.9 Å². The second-order valence-electron chi connectivity index (χ2n) is 6.53. The highest BCUT2D eigenvalue weighted by molar-refractivity contribution is 8.24. The van der Waals surface area contributed by atoms with Crippen molar-refractivity contribution in [1.82, 2.24) is 9.78 Å². The molecule has 26 heavy (non-hydrogen) atoms. The predicted octanol–water partition coefficient (Wildman–Crippen LogP) is 2.70. The monoisotopic (exact) mass is 379 g/mol. The van der Waals surface area contributed by atoms with E-state index in [1.807, 2.05) is 0 Å². The standard InChI is InChI=1S/C16H18FN5O3S/c1-16(8-18)9-26(24,25)7-13(16)22-6-12(14(19)23)15(21-22)20-11-4-2-10(17)3-5-11/h2-6,13,24-25H,7,9H2,1H3,(H2,19,23)(H,20,21)/t13-,16-/m1/s1. The summed E-state index contributed by atoms with van der Waals surface area (Å²) in [4.78, 5) is 11.8. The Morgan fingerprint density at radius 2 is 2.15 bits per heavy atom. The molecule has 0 saturated carbocycles. The molecule has 2 heterocycles. The molecule has 10 heteroatoms. The minimum Gasteiger partial charge on any atom is -0.365 e. The van der Waals surface area contributed by atoms with Crippen LogP contribution in [0.1, 0.15) is 23.3 Å². The highest BCUT2D eigenvalue weighted by Gasteiger charge is 2.49. The number of nitrogens with two attached hydrogens (primary N) is 1. The number of aromatic nitrogens is 2. The molecule has 5 N–H and O–H groups in total. The third-order valence-electron chi connectivity index (χ3n) is 4.37. The number of nitrogens with zero attached hydrogens (tertiary/aromatic N) is 3. The average Bonchev–Trinajstić information content (AvgIpc) is 3.08. The molecule has 0 bridgehead atoms. The van der Waals surface area contributed by atoms with E-state index in [0.717, 1.165) is 0 Å². The smallest absolute Gasteiger partial charge is 0.254 e. The number of anilines is 2. The van der Waals surface area contributed by atoms with E-state index < -0.39 is 33.8 Å². The zero-order valence-corrected chi connectivity index (χ0v) is 14.7. The van der Waals surface area contributed by atoms with E-state index in [0.29, 0.717) is 5.69 Å². The van der Waals surface area contributed by atoms with Gasteiger partial charge in [-0.3, -0.25) is 18.6 Å². The van der Waals surface area contributed by atoms with Gasteiger partial charge < -0.3 is 11.1 Å². The lowest BCUT2D eigenvalue weighted by Gasteiger charge is -2.26. The zero-order chi connectivity index (χ0) is 19.1. The largest absolute Gasteiger partial charge is 0.365 e. The van der Waals surface area contributed by atoms with Crippen LogP contribution >= 0.6 is 10.6 Å². The number of amides is 1. The molecule has 1 amide bonds. The van der Waals surface area contributed by atoms with Crippen LogP contribution in [0.15, 0.2) is 30.5 Å². The number of halogens is 1. The molecule has 0 spiro atoms. The molecule has 1 saturated heterocycles. The zero-order valence-electron chi connectivity index (χ0n) is 13.9. The first-order valence-corrected chi connectivity index (χ1v) is 9.58. The number of primary amides is 1. The van der Waals surface area contributed by atoms with E-state index in [9.17, 15) is 23.6 Å². The van der Waals surface area contributed by atoms with Crippen molar-refractivity contribution < 1.29 is 18.3 Å². The summed E-state index contributed by atoms with van der Waals surface area (Å²) in [5.41, 5.74) is 4.94. The van der Waals surface area contributed by atoms with Crippen LogP contribution < -0.4 is 11.1 Å². The first-order chi connectivity index (χ1) is 12.1. The van der Waals surface area contributed by atoms with E-state index >= 15 is 0 Å². The molecule has 1 fully saturated rings. The SMILES string of the molecule is C[C@@]1(C#N)CS(O)(O)C[C@H]1n1cc(C(N)=O)c(Nc2ccc(F)cc2)n1. The minimum absolute atomic E-state index is 0.0348. The summed E-state index contributed by atoms with van der Waals surface area (Å²) in [6, 6.07) is 6.95. The Kier molecular flexibility index (Phi) is 4.39. The van der Waals surface area contributed by atoms with Crippen LogP contribution in [0.5, 0.6) is 0 Å². The quantitative estimate of drug-likeness (QED) is 0.644. The van der Waals surface area contributed by atoms with E-state index in [2.05, 4.69) is 16.5 Å². The third-order valence-corrected chi connectivity index (χ3v) is 6.28. The fourth-order valence-electron chi connectivity index (χ4n) is 3.04. The van der Waals surface area contributed by atoms with Gasteiger partial charge in [-0.25, -0.2) is 4.39 Å². The van der Waals surface area contributed by atoms with Crippen LogP contribution in [-0.2, 0) is 0 Å². The highest BCUT2D eigenvalue weighted by Crippen LogP contribution is 2.58. The van der Waals surface area contributed by atoms with Crippen molar-refractivity contribution in [2.45, 2.75) is 13.0 Å². The Hall–Kier alpha value is -2.61. The number of nitrogens with one attached hydrogen (secondary N) is 1. The third kappa shape index (κ3) is 3.37. The molecule has 0 radical (unpaired) electrons. The van der Waals surface area contributed by atoms with Gasteiger partial charge in [0.25, 0.3) is 5.91 Å². The first kappa shape index (κ1) is 18.2. The highest BCUT2D eigenvalue weighted by atomic mass is 32.3. The molecule has 3 rings (SSSR count). The predicted molar refractivity (Wildman–Crippen MR) is 95.8 cm³/mol. The molecule has 138 valence electrons. The van der Waals surface area contributed by atoms with E-state index in [4.69, 9.17) is 5.73 Å². The van der Waals surface area contributed by atoms with Crippen LogP contribution in [0.25, 0.3) is 0 Å². The number of benzene rings is 1. The van der Waals surface area contributed by atoms with Gasteiger partial charge in [-0.2, -0.15) is 21.0 Å². The molecule has 8 nitrogen and oxygen atoms in total. The van der Waals surface area contributed by atoms with Crippen LogP contribution in [0.4, 0.5) is 15.9 Å². The number of hydrogen-bond donors (Lipinski definition) is 4. The van der Waals surface area contributed by atoms with Gasteiger partial charge in [-0.15, -0.1) is 0 Å². The number of rotatable bonds is 4. The van der Waals surface area contributed by atoms with Crippen LogP contribution in [0, 0.1) is 22.6 Å². The normalized spacial score (nSPS) is 25.4. The number of carbonyl (C=O) groups is 1. The maximum atomic E-state index is 13.0. The molecular weight excluding hydrogens is 361 g/mol. The summed E-state index contributed by atoms with van der Waals surface area (Å²) in [5, 5.41) is 16.7. The van der Waals surface area contributed by atoms with Crippen molar-refractivity contribution in [3.8, 4) is 6.07 Å². The van der Waals surface area contributed by atoms with Gasteiger partial charge in [0.1, 0.15) is 11.4 Å². The Bertz CT molecular complexity index is 892. The van der Waals surface area contributed by atoms with Gasteiger partial charge in [0.2, 0.25) is 0 Å². The van der Waals surface area contributed by atoms with Gasteiger partial charge in [-0.05, 0) is 31.2 Å². The number of carbonyl (C=O) groups excluding carboxylic acids is 1. The second-order valence-corrected chi connectivity index (χ2v) is 8.75. The van der Waals surface area contributed by atoms with Crippen molar-refractivity contribution in [1.29, 1.82) is 5.26 Å². The molecule has 1 aromatic carbocycles. The Morgan fingerprint density at radius 3 is 2.73 bits per heavy atom. The summed E-state index contributed by atoms with van der Waals surface area (Å²) >= 11 is 0. The fourth-order valence-corrected chi connectivity index (χ4v) is 5.40. The van der Waals surface area contributed by atoms with Crippen LogP contribution in [0.3, 0.4) is 0 Å². The molecular formula is C16H18FN5O3S. The molecule has 2 atom stereocenters. The van der Waals surface area contributed by atoms with E-state index in [1.165, 1.54) is 35.1 Å². The minimum atomic E-state index is -2.91. The number of nitriles is 1. The summed E-state index contributed by atoms with van der Waals surface area (Å²) in [7, 11) is -2.91. The molecule has 1 aliphatic heterocycles. The Balaban J connectivity index is 1.98. The summed E-state index contributed by atoms with van der Waals surface area (Å²) in [5.74, 6) is -1.09.